The Morgan fingerprint density at radius 2 is 1.91 bits per heavy atom. The van der Waals surface area contributed by atoms with E-state index >= 15 is 0 Å². The highest BCUT2D eigenvalue weighted by atomic mass is 35.5. The predicted octanol–water partition coefficient (Wildman–Crippen LogP) is 3.48. The average Bonchev–Trinajstić information content (AvgIpc) is 2.79. The van der Waals surface area contributed by atoms with Crippen LogP contribution in [0.5, 0.6) is 5.75 Å². The molecule has 0 radical (unpaired) electrons. The first-order chi connectivity index (χ1) is 15.4. The van der Waals surface area contributed by atoms with Crippen molar-refractivity contribution in [3.63, 3.8) is 0 Å². The molecule has 8 nitrogen and oxygen atoms in total. The zero-order valence-corrected chi connectivity index (χ0v) is 18.8. The first kappa shape index (κ1) is 23.2. The molecule has 0 unspecified atom stereocenters. The molecule has 10 heteroatoms. The fourth-order valence-electron chi connectivity index (χ4n) is 2.77. The smallest absolute Gasteiger partial charge is 0.264 e. The lowest BCUT2D eigenvalue weighted by Gasteiger charge is -2.25. The van der Waals surface area contributed by atoms with Crippen molar-refractivity contribution in [3.05, 3.63) is 83.6 Å². The Morgan fingerprint density at radius 3 is 2.59 bits per heavy atom. The van der Waals surface area contributed by atoms with Gasteiger partial charge >= 0.3 is 0 Å². The van der Waals surface area contributed by atoms with Crippen LogP contribution in [0.3, 0.4) is 0 Å². The zero-order chi connectivity index (χ0) is 23.0. The summed E-state index contributed by atoms with van der Waals surface area (Å²) in [4.78, 5) is 16.6. The number of carbonyl (C=O) groups excluding carboxylic acids is 1. The van der Waals surface area contributed by atoms with Crippen LogP contribution < -0.4 is 14.5 Å². The van der Waals surface area contributed by atoms with Gasteiger partial charge in [0.25, 0.3) is 15.9 Å². The molecule has 0 aliphatic heterocycles. The van der Waals surface area contributed by atoms with Gasteiger partial charge in [-0.15, -0.1) is 0 Å². The molecule has 0 spiro atoms. The lowest BCUT2D eigenvalue weighted by molar-refractivity contribution is -0.119. The summed E-state index contributed by atoms with van der Waals surface area (Å²) < 4.78 is 33.4. The van der Waals surface area contributed by atoms with E-state index in [1.807, 2.05) is 0 Å². The number of anilines is 1. The van der Waals surface area contributed by atoms with E-state index < -0.39 is 22.5 Å². The van der Waals surface area contributed by atoms with Crippen LogP contribution in [0.4, 0.5) is 5.69 Å². The summed E-state index contributed by atoms with van der Waals surface area (Å²) >= 11 is 5.90. The van der Waals surface area contributed by atoms with Gasteiger partial charge in [0, 0.05) is 23.0 Å². The van der Waals surface area contributed by atoms with Gasteiger partial charge in [-0.3, -0.25) is 14.1 Å². The molecule has 0 fully saturated rings. The fourth-order valence-corrected chi connectivity index (χ4v) is 4.33. The second-order valence-electron chi connectivity index (χ2n) is 6.45. The second-order valence-corrected chi connectivity index (χ2v) is 8.74. The lowest BCUT2D eigenvalue weighted by atomic mass is 10.3. The number of hydrazone groups is 1. The third-order valence-corrected chi connectivity index (χ3v) is 6.24. The minimum atomic E-state index is -4.11. The summed E-state index contributed by atoms with van der Waals surface area (Å²) in [6.45, 7) is 1.60. The first-order valence-corrected chi connectivity index (χ1v) is 11.5. The Bertz CT molecular complexity index is 1190. The summed E-state index contributed by atoms with van der Waals surface area (Å²) in [5, 5.41) is 4.27. The molecule has 0 aliphatic carbocycles. The number of nitrogens with zero attached hydrogens (tertiary/aromatic N) is 3. The predicted molar refractivity (Wildman–Crippen MR) is 124 cm³/mol. The monoisotopic (exact) mass is 472 g/mol. The van der Waals surface area contributed by atoms with Gasteiger partial charge in [-0.2, -0.15) is 5.10 Å². The van der Waals surface area contributed by atoms with Crippen LogP contribution >= 0.6 is 11.6 Å². The van der Waals surface area contributed by atoms with E-state index in [-0.39, 0.29) is 10.6 Å². The molecule has 3 rings (SSSR count). The molecule has 1 N–H and O–H groups in total. The van der Waals surface area contributed by atoms with Crippen LogP contribution in [0, 0.1) is 0 Å². The maximum Gasteiger partial charge on any atom is 0.264 e. The number of ether oxygens (including phenoxy) is 1. The summed E-state index contributed by atoms with van der Waals surface area (Å²) in [6, 6.07) is 15.8. The zero-order valence-electron chi connectivity index (χ0n) is 17.2. The topological polar surface area (TPSA) is 101 Å². The highest BCUT2D eigenvalue weighted by Crippen LogP contribution is 2.32. The Balaban J connectivity index is 1.91. The van der Waals surface area contributed by atoms with Gasteiger partial charge in [0.15, 0.2) is 0 Å². The van der Waals surface area contributed by atoms with Crippen LogP contribution in [0.2, 0.25) is 5.02 Å². The van der Waals surface area contributed by atoms with E-state index in [0.717, 1.165) is 4.31 Å². The Morgan fingerprint density at radius 1 is 1.16 bits per heavy atom. The first-order valence-electron chi connectivity index (χ1n) is 9.64. The molecule has 0 atom stereocenters. The minimum Gasteiger partial charge on any atom is -0.492 e. The van der Waals surface area contributed by atoms with E-state index in [1.54, 1.807) is 55.7 Å². The number of halogens is 1. The summed E-state index contributed by atoms with van der Waals surface area (Å²) in [7, 11) is -4.11. The van der Waals surface area contributed by atoms with E-state index in [9.17, 15) is 13.2 Å². The second kappa shape index (κ2) is 10.7. The molecular formula is C22H21ClN4O4S. The van der Waals surface area contributed by atoms with Gasteiger partial charge < -0.3 is 4.74 Å². The molecule has 166 valence electrons. The fraction of sp³-hybridized carbons (Fsp3) is 0.136. The number of benzene rings is 2. The van der Waals surface area contributed by atoms with Crippen molar-refractivity contribution < 1.29 is 17.9 Å². The van der Waals surface area contributed by atoms with E-state index in [0.29, 0.717) is 22.9 Å². The minimum absolute atomic E-state index is 0.0140. The molecule has 2 aromatic carbocycles. The molecule has 1 amide bonds. The van der Waals surface area contributed by atoms with E-state index in [2.05, 4.69) is 15.5 Å². The largest absolute Gasteiger partial charge is 0.492 e. The van der Waals surface area contributed by atoms with Crippen molar-refractivity contribution in [3.8, 4) is 5.75 Å². The van der Waals surface area contributed by atoms with Crippen LogP contribution in [0.15, 0.2) is 83.1 Å². The SMILES string of the molecule is CCOc1ccccc1N(CC(=O)N/N=C\c1cccnc1)S(=O)(=O)c1ccc(Cl)cc1. The van der Waals surface area contributed by atoms with Crippen molar-refractivity contribution in [1.82, 2.24) is 10.4 Å². The van der Waals surface area contributed by atoms with Crippen LogP contribution in [-0.4, -0.2) is 38.7 Å². The third-order valence-electron chi connectivity index (χ3n) is 4.21. The van der Waals surface area contributed by atoms with Gasteiger partial charge in [0.1, 0.15) is 12.3 Å². The molecule has 0 aliphatic rings. The Kier molecular flexibility index (Phi) is 7.80. The number of pyridine rings is 1. The number of para-hydroxylation sites is 2. The lowest BCUT2D eigenvalue weighted by Crippen LogP contribution is -2.39. The molecule has 1 aromatic heterocycles. The van der Waals surface area contributed by atoms with Gasteiger partial charge in [0.2, 0.25) is 0 Å². The molecule has 0 saturated carbocycles. The summed E-state index contributed by atoms with van der Waals surface area (Å²) in [5.41, 5.74) is 3.26. The maximum atomic E-state index is 13.4. The summed E-state index contributed by atoms with van der Waals surface area (Å²) in [6.07, 6.45) is 4.60. The normalized spacial score (nSPS) is 11.3. The van der Waals surface area contributed by atoms with Crippen molar-refractivity contribution in [1.29, 1.82) is 0 Å². The standard InChI is InChI=1S/C22H21ClN4O4S/c1-2-31-21-8-4-3-7-20(21)27(32(29,30)19-11-9-18(23)10-12-19)16-22(28)26-25-15-17-6-5-13-24-14-17/h3-15H,2,16H2,1H3,(H,26,28)/b25-15-. The van der Waals surface area contributed by atoms with Gasteiger partial charge in [-0.1, -0.05) is 29.8 Å². The molecule has 32 heavy (non-hydrogen) atoms. The van der Waals surface area contributed by atoms with Crippen molar-refractivity contribution in [2.75, 3.05) is 17.5 Å². The number of hydrogen-bond acceptors (Lipinski definition) is 6. The Hall–Kier alpha value is -3.43. The van der Waals surface area contributed by atoms with E-state index in [4.69, 9.17) is 16.3 Å². The molecule has 0 saturated heterocycles. The number of hydrogen-bond donors (Lipinski definition) is 1. The van der Waals surface area contributed by atoms with Crippen LogP contribution in [0.1, 0.15) is 12.5 Å². The van der Waals surface area contributed by atoms with Crippen LogP contribution in [0.25, 0.3) is 0 Å². The number of nitrogens with one attached hydrogen (secondary N) is 1. The number of aromatic nitrogens is 1. The number of amides is 1. The van der Waals surface area contributed by atoms with Crippen molar-refractivity contribution >= 4 is 39.4 Å². The molecule has 0 bridgehead atoms. The highest BCUT2D eigenvalue weighted by Gasteiger charge is 2.29. The average molecular weight is 473 g/mol. The van der Waals surface area contributed by atoms with Gasteiger partial charge in [-0.05, 0) is 49.4 Å². The van der Waals surface area contributed by atoms with E-state index in [1.165, 1.54) is 30.5 Å². The highest BCUT2D eigenvalue weighted by molar-refractivity contribution is 7.92. The number of sulfonamides is 1. The maximum absolute atomic E-state index is 13.4. The Labute approximate surface area is 191 Å². The third kappa shape index (κ3) is 5.83. The van der Waals surface area contributed by atoms with Crippen molar-refractivity contribution in [2.45, 2.75) is 11.8 Å². The molecular weight excluding hydrogens is 452 g/mol. The summed E-state index contributed by atoms with van der Waals surface area (Å²) in [5.74, 6) is -0.298. The number of carbonyl (C=O) groups is 1. The van der Waals surface area contributed by atoms with Crippen LogP contribution in [-0.2, 0) is 14.8 Å². The van der Waals surface area contributed by atoms with Crippen molar-refractivity contribution in [2.24, 2.45) is 5.10 Å². The van der Waals surface area contributed by atoms with Gasteiger partial charge in [-0.25, -0.2) is 13.8 Å². The molecule has 3 aromatic rings. The quantitative estimate of drug-likeness (QED) is 0.379. The van der Waals surface area contributed by atoms with Gasteiger partial charge in [0.05, 0.1) is 23.4 Å². The number of rotatable bonds is 9. The molecule has 1 heterocycles.